The summed E-state index contributed by atoms with van der Waals surface area (Å²) in [5, 5.41) is 4.07. The fraction of sp³-hybridized carbons (Fsp3) is 0.333. The average Bonchev–Trinajstić information content (AvgIpc) is 3.06. The smallest absolute Gasteiger partial charge is 0.220 e. The van der Waals surface area contributed by atoms with Crippen LogP contribution < -0.4 is 10.1 Å². The average molecular weight is 369 g/mol. The number of fused-ring (bicyclic) bond motifs is 1. The Hall–Kier alpha value is -2.40. The molecule has 0 atom stereocenters. The minimum Gasteiger partial charge on any atom is -0.491 e. The maximum atomic E-state index is 11.9. The Morgan fingerprint density at radius 2 is 1.92 bits per heavy atom. The first kappa shape index (κ1) is 18.4. The van der Waals surface area contributed by atoms with Crippen LogP contribution in [0.15, 0.2) is 48.5 Å². The molecule has 1 N–H and O–H groups in total. The monoisotopic (exact) mass is 368 g/mol. The number of amides is 1. The Morgan fingerprint density at radius 1 is 1.12 bits per heavy atom. The van der Waals surface area contributed by atoms with Crippen molar-refractivity contribution >= 4 is 27.5 Å². The van der Waals surface area contributed by atoms with Gasteiger partial charge in [-0.25, -0.2) is 4.98 Å². The van der Waals surface area contributed by atoms with Gasteiger partial charge in [0.05, 0.1) is 21.8 Å². The van der Waals surface area contributed by atoms with Crippen LogP contribution in [0.25, 0.3) is 10.2 Å². The minimum atomic E-state index is 0.0858. The third kappa shape index (κ3) is 5.30. The second-order valence-corrected chi connectivity index (χ2v) is 7.36. The number of hydrogen-bond donors (Lipinski definition) is 1. The zero-order valence-electron chi connectivity index (χ0n) is 15.0. The molecule has 5 heteroatoms. The molecule has 2 aromatic carbocycles. The first-order chi connectivity index (χ1) is 12.7. The Kier molecular flexibility index (Phi) is 6.61. The fourth-order valence-corrected chi connectivity index (χ4v) is 3.76. The predicted molar refractivity (Wildman–Crippen MR) is 107 cm³/mol. The van der Waals surface area contributed by atoms with E-state index in [4.69, 9.17) is 4.74 Å². The highest BCUT2D eigenvalue weighted by atomic mass is 32.1. The molecule has 0 saturated heterocycles. The molecule has 3 aromatic rings. The molecule has 0 bridgehead atoms. The largest absolute Gasteiger partial charge is 0.491 e. The number of unbranched alkanes of at least 4 members (excludes halogenated alkanes) is 1. The summed E-state index contributed by atoms with van der Waals surface area (Å²) in [6.45, 7) is 3.03. The van der Waals surface area contributed by atoms with Crippen LogP contribution in [-0.2, 0) is 11.2 Å². The predicted octanol–water partition coefficient (Wildman–Crippen LogP) is 4.51. The van der Waals surface area contributed by atoms with E-state index in [1.165, 1.54) is 4.70 Å². The lowest BCUT2D eigenvalue weighted by Crippen LogP contribution is -2.27. The molecular formula is C21H24N2O2S. The molecule has 0 unspecified atom stereocenters. The molecule has 0 aliphatic rings. The lowest BCUT2D eigenvalue weighted by atomic mass is 10.2. The molecule has 0 fully saturated rings. The van der Waals surface area contributed by atoms with Crippen LogP contribution in [0.3, 0.4) is 0 Å². The molecule has 0 aliphatic heterocycles. The molecule has 3 rings (SSSR count). The van der Waals surface area contributed by atoms with Crippen LogP contribution in [0.4, 0.5) is 0 Å². The number of nitrogens with zero attached hydrogens (tertiary/aromatic N) is 1. The summed E-state index contributed by atoms with van der Waals surface area (Å²) in [6, 6.07) is 16.1. The van der Waals surface area contributed by atoms with E-state index in [-0.39, 0.29) is 5.91 Å². The van der Waals surface area contributed by atoms with Crippen molar-refractivity contribution in [1.29, 1.82) is 0 Å². The number of benzene rings is 2. The Morgan fingerprint density at radius 3 is 2.77 bits per heavy atom. The number of nitrogens with one attached hydrogen (secondary N) is 1. The number of carbonyl (C=O) groups excluding carboxylic acids is 1. The van der Waals surface area contributed by atoms with Crippen molar-refractivity contribution in [3.8, 4) is 5.75 Å². The van der Waals surface area contributed by atoms with Gasteiger partial charge >= 0.3 is 0 Å². The van der Waals surface area contributed by atoms with Crippen molar-refractivity contribution in [2.75, 3.05) is 13.2 Å². The van der Waals surface area contributed by atoms with E-state index in [1.54, 1.807) is 11.3 Å². The van der Waals surface area contributed by atoms with Gasteiger partial charge in [0.15, 0.2) is 0 Å². The highest BCUT2D eigenvalue weighted by molar-refractivity contribution is 7.18. The number of rotatable bonds is 9. The zero-order chi connectivity index (χ0) is 18.2. The standard InChI is InChI=1S/C21H24N2O2S/c1-16-8-2-4-10-18(16)25-15-14-22-20(24)12-6-7-13-21-23-17-9-3-5-11-19(17)26-21/h2-5,8-11H,6-7,12-15H2,1H3,(H,22,24). The van der Waals surface area contributed by atoms with Gasteiger partial charge in [-0.05, 0) is 49.9 Å². The molecule has 0 saturated carbocycles. The summed E-state index contributed by atoms with van der Waals surface area (Å²) in [5.41, 5.74) is 2.17. The maximum Gasteiger partial charge on any atom is 0.220 e. The van der Waals surface area contributed by atoms with E-state index >= 15 is 0 Å². The summed E-state index contributed by atoms with van der Waals surface area (Å²) < 4.78 is 6.91. The highest BCUT2D eigenvalue weighted by Gasteiger charge is 2.05. The van der Waals surface area contributed by atoms with Gasteiger partial charge in [-0.15, -0.1) is 11.3 Å². The van der Waals surface area contributed by atoms with Crippen molar-refractivity contribution in [2.45, 2.75) is 32.6 Å². The van der Waals surface area contributed by atoms with Gasteiger partial charge < -0.3 is 10.1 Å². The normalized spacial score (nSPS) is 10.8. The maximum absolute atomic E-state index is 11.9. The van der Waals surface area contributed by atoms with Gasteiger partial charge in [0, 0.05) is 6.42 Å². The lowest BCUT2D eigenvalue weighted by molar-refractivity contribution is -0.121. The number of hydrogen-bond acceptors (Lipinski definition) is 4. The molecule has 0 aliphatic carbocycles. The molecule has 136 valence electrons. The first-order valence-corrected chi connectivity index (χ1v) is 9.83. The number of thiazole rings is 1. The number of aromatic nitrogens is 1. The van der Waals surface area contributed by atoms with Crippen LogP contribution in [0.1, 0.15) is 29.8 Å². The molecule has 26 heavy (non-hydrogen) atoms. The van der Waals surface area contributed by atoms with Gasteiger partial charge in [-0.1, -0.05) is 30.3 Å². The van der Waals surface area contributed by atoms with Gasteiger partial charge in [-0.2, -0.15) is 0 Å². The topological polar surface area (TPSA) is 51.2 Å². The van der Waals surface area contributed by atoms with Crippen molar-refractivity contribution in [1.82, 2.24) is 10.3 Å². The van der Waals surface area contributed by atoms with Crippen LogP contribution in [0, 0.1) is 6.92 Å². The van der Waals surface area contributed by atoms with E-state index in [1.807, 2.05) is 49.4 Å². The second kappa shape index (κ2) is 9.34. The Labute approximate surface area is 158 Å². The number of carbonyl (C=O) groups is 1. The first-order valence-electron chi connectivity index (χ1n) is 9.02. The van der Waals surface area contributed by atoms with Gasteiger partial charge in [0.1, 0.15) is 12.4 Å². The van der Waals surface area contributed by atoms with Crippen LogP contribution in [-0.4, -0.2) is 24.0 Å². The van der Waals surface area contributed by atoms with Crippen molar-refractivity contribution in [3.63, 3.8) is 0 Å². The Balaban J connectivity index is 1.29. The molecule has 1 aromatic heterocycles. The van der Waals surface area contributed by atoms with Crippen LogP contribution >= 0.6 is 11.3 Å². The Bertz CT molecular complexity index is 827. The SMILES string of the molecule is Cc1ccccc1OCCNC(=O)CCCCc1nc2ccccc2s1. The van der Waals surface area contributed by atoms with Crippen molar-refractivity contribution in [3.05, 3.63) is 59.1 Å². The number of ether oxygens (including phenoxy) is 1. The van der Waals surface area contributed by atoms with Crippen LogP contribution in [0.2, 0.25) is 0 Å². The fourth-order valence-electron chi connectivity index (χ4n) is 2.75. The van der Waals surface area contributed by atoms with E-state index in [2.05, 4.69) is 16.4 Å². The summed E-state index contributed by atoms with van der Waals surface area (Å²) in [5.74, 6) is 0.959. The molecule has 4 nitrogen and oxygen atoms in total. The van der Waals surface area contributed by atoms with Gasteiger partial charge in [0.2, 0.25) is 5.91 Å². The summed E-state index contributed by atoms with van der Waals surface area (Å²) in [4.78, 5) is 16.5. The van der Waals surface area contributed by atoms with Gasteiger partial charge in [0.25, 0.3) is 0 Å². The number of aryl methyl sites for hydroxylation is 2. The molecule has 1 heterocycles. The quantitative estimate of drug-likeness (QED) is 0.565. The molecular weight excluding hydrogens is 344 g/mol. The van der Waals surface area contributed by atoms with E-state index in [0.717, 1.165) is 41.1 Å². The lowest BCUT2D eigenvalue weighted by Gasteiger charge is -2.09. The number of para-hydroxylation sites is 2. The summed E-state index contributed by atoms with van der Waals surface area (Å²) in [7, 11) is 0. The summed E-state index contributed by atoms with van der Waals surface area (Å²) >= 11 is 1.74. The van der Waals surface area contributed by atoms with E-state index < -0.39 is 0 Å². The van der Waals surface area contributed by atoms with Gasteiger partial charge in [-0.3, -0.25) is 4.79 Å². The third-order valence-electron chi connectivity index (χ3n) is 4.16. The van der Waals surface area contributed by atoms with Crippen molar-refractivity contribution < 1.29 is 9.53 Å². The second-order valence-electron chi connectivity index (χ2n) is 6.25. The molecule has 0 spiro atoms. The van der Waals surface area contributed by atoms with E-state index in [9.17, 15) is 4.79 Å². The zero-order valence-corrected chi connectivity index (χ0v) is 15.8. The highest BCUT2D eigenvalue weighted by Crippen LogP contribution is 2.22. The summed E-state index contributed by atoms with van der Waals surface area (Å²) in [6.07, 6.45) is 3.34. The molecule has 0 radical (unpaired) electrons. The molecule has 1 amide bonds. The van der Waals surface area contributed by atoms with E-state index in [0.29, 0.717) is 19.6 Å². The van der Waals surface area contributed by atoms with Crippen molar-refractivity contribution in [2.24, 2.45) is 0 Å². The van der Waals surface area contributed by atoms with Crippen LogP contribution in [0.5, 0.6) is 5.75 Å². The minimum absolute atomic E-state index is 0.0858. The third-order valence-corrected chi connectivity index (χ3v) is 5.25.